The van der Waals surface area contributed by atoms with E-state index in [4.69, 9.17) is 0 Å². The van der Waals surface area contributed by atoms with E-state index in [-0.39, 0.29) is 6.10 Å². The summed E-state index contributed by atoms with van der Waals surface area (Å²) in [5, 5.41) is 9.87. The first-order valence-electron chi connectivity index (χ1n) is 5.10. The van der Waals surface area contributed by atoms with Gasteiger partial charge in [0.1, 0.15) is 0 Å². The quantitative estimate of drug-likeness (QED) is 0.641. The van der Waals surface area contributed by atoms with E-state index in [0.717, 1.165) is 6.42 Å². The minimum atomic E-state index is -0.0613. The van der Waals surface area contributed by atoms with Crippen molar-refractivity contribution in [1.82, 2.24) is 0 Å². The fraction of sp³-hybridized carbons (Fsp3) is 1.00. The maximum Gasteiger partial charge on any atom is 0.0575 e. The third kappa shape index (κ3) is 2.22. The van der Waals surface area contributed by atoms with E-state index >= 15 is 0 Å². The highest BCUT2D eigenvalue weighted by atomic mass is 16.3. The van der Waals surface area contributed by atoms with Gasteiger partial charge in [-0.25, -0.2) is 0 Å². The number of aliphatic hydroxyl groups is 1. The molecule has 0 bridgehead atoms. The summed E-state index contributed by atoms with van der Waals surface area (Å²) < 4.78 is 0. The van der Waals surface area contributed by atoms with E-state index in [1.54, 1.807) is 0 Å². The molecule has 0 aromatic heterocycles. The molecule has 0 unspecified atom stereocenters. The minimum Gasteiger partial charge on any atom is -0.393 e. The summed E-state index contributed by atoms with van der Waals surface area (Å²) in [4.78, 5) is 0. The lowest BCUT2D eigenvalue weighted by Crippen LogP contribution is -2.36. The van der Waals surface area contributed by atoms with E-state index in [2.05, 4.69) is 27.7 Å². The van der Waals surface area contributed by atoms with Crippen LogP contribution < -0.4 is 0 Å². The molecule has 0 aromatic rings. The van der Waals surface area contributed by atoms with Crippen LogP contribution in [-0.2, 0) is 0 Å². The van der Waals surface area contributed by atoms with Gasteiger partial charge in [0.2, 0.25) is 0 Å². The van der Waals surface area contributed by atoms with Crippen molar-refractivity contribution in [2.24, 2.45) is 17.3 Å². The normalized spacial score (nSPS) is 35.5. The second-order valence-corrected chi connectivity index (χ2v) is 5.38. The van der Waals surface area contributed by atoms with E-state index in [1.807, 2.05) is 0 Å². The maximum absolute atomic E-state index is 9.87. The Morgan fingerprint density at radius 3 is 2.33 bits per heavy atom. The van der Waals surface area contributed by atoms with Gasteiger partial charge in [0, 0.05) is 0 Å². The first-order chi connectivity index (χ1) is 5.42. The topological polar surface area (TPSA) is 20.2 Å². The van der Waals surface area contributed by atoms with E-state index in [1.165, 1.54) is 12.8 Å². The van der Waals surface area contributed by atoms with E-state index in [0.29, 0.717) is 17.3 Å². The van der Waals surface area contributed by atoms with Crippen molar-refractivity contribution >= 4 is 0 Å². The molecular formula is C11H22O. The highest BCUT2D eigenvalue weighted by Crippen LogP contribution is 2.40. The molecular weight excluding hydrogens is 148 g/mol. The Hall–Kier alpha value is -0.0400. The lowest BCUT2D eigenvalue weighted by atomic mass is 9.68. The van der Waals surface area contributed by atoms with Crippen molar-refractivity contribution < 1.29 is 5.11 Å². The second kappa shape index (κ2) is 3.37. The van der Waals surface area contributed by atoms with Gasteiger partial charge >= 0.3 is 0 Å². The van der Waals surface area contributed by atoms with Crippen molar-refractivity contribution in [2.45, 2.75) is 53.1 Å². The molecule has 0 amide bonds. The van der Waals surface area contributed by atoms with Crippen molar-refractivity contribution in [3.8, 4) is 0 Å². The Bertz CT molecular complexity index is 149. The third-order valence-electron chi connectivity index (χ3n) is 3.27. The monoisotopic (exact) mass is 170 g/mol. The molecule has 1 saturated carbocycles. The fourth-order valence-electron chi connectivity index (χ4n) is 2.35. The van der Waals surface area contributed by atoms with Gasteiger partial charge in [0.15, 0.2) is 0 Å². The second-order valence-electron chi connectivity index (χ2n) is 5.38. The third-order valence-corrected chi connectivity index (χ3v) is 3.27. The first-order valence-corrected chi connectivity index (χ1v) is 5.10. The van der Waals surface area contributed by atoms with Crippen LogP contribution in [0.1, 0.15) is 47.0 Å². The van der Waals surface area contributed by atoms with Gasteiger partial charge in [0.25, 0.3) is 0 Å². The Morgan fingerprint density at radius 1 is 1.33 bits per heavy atom. The van der Waals surface area contributed by atoms with Gasteiger partial charge in [0.05, 0.1) is 6.10 Å². The molecule has 1 rings (SSSR count). The number of aliphatic hydroxyl groups excluding tert-OH is 1. The molecule has 1 aliphatic carbocycles. The van der Waals surface area contributed by atoms with Crippen molar-refractivity contribution in [1.29, 1.82) is 0 Å². The molecule has 12 heavy (non-hydrogen) atoms. The predicted octanol–water partition coefficient (Wildman–Crippen LogP) is 2.83. The lowest BCUT2D eigenvalue weighted by molar-refractivity contribution is -0.00325. The zero-order valence-corrected chi connectivity index (χ0v) is 8.80. The van der Waals surface area contributed by atoms with Crippen LogP contribution >= 0.6 is 0 Å². The molecule has 2 atom stereocenters. The summed E-state index contributed by atoms with van der Waals surface area (Å²) in [6.45, 7) is 8.94. The maximum atomic E-state index is 9.87. The van der Waals surface area contributed by atoms with Gasteiger partial charge < -0.3 is 5.11 Å². The predicted molar refractivity (Wildman–Crippen MR) is 52.0 cm³/mol. The Morgan fingerprint density at radius 2 is 1.92 bits per heavy atom. The molecule has 0 radical (unpaired) electrons. The molecule has 1 aliphatic rings. The molecule has 72 valence electrons. The number of rotatable bonds is 1. The van der Waals surface area contributed by atoms with Gasteiger partial charge in [-0.1, -0.05) is 27.7 Å². The average molecular weight is 170 g/mol. The molecule has 0 aromatic carbocycles. The smallest absolute Gasteiger partial charge is 0.0575 e. The van der Waals surface area contributed by atoms with Gasteiger partial charge in [-0.05, 0) is 36.5 Å². The highest BCUT2D eigenvalue weighted by molar-refractivity contribution is 4.85. The summed E-state index contributed by atoms with van der Waals surface area (Å²) in [6.07, 6.45) is 3.39. The summed E-state index contributed by atoms with van der Waals surface area (Å²) in [5.74, 6) is 1.18. The Balaban J connectivity index is 2.54. The molecule has 0 saturated heterocycles. The van der Waals surface area contributed by atoms with Crippen molar-refractivity contribution in [3.05, 3.63) is 0 Å². The zero-order valence-electron chi connectivity index (χ0n) is 8.80. The van der Waals surface area contributed by atoms with Gasteiger partial charge in [-0.2, -0.15) is 0 Å². The molecule has 0 aliphatic heterocycles. The molecule has 1 N–H and O–H groups in total. The average Bonchev–Trinajstić information content (AvgIpc) is 1.83. The number of hydrogen-bond donors (Lipinski definition) is 1. The highest BCUT2D eigenvalue weighted by Gasteiger charge is 2.34. The Labute approximate surface area is 76.2 Å². The molecule has 0 spiro atoms. The van der Waals surface area contributed by atoms with E-state index in [9.17, 15) is 5.11 Å². The van der Waals surface area contributed by atoms with Crippen molar-refractivity contribution in [2.75, 3.05) is 0 Å². The standard InChI is InChI=1S/C11H22O/c1-8(2)9-5-6-11(3,4)7-10(9)12/h8-10,12H,5-7H2,1-4H3/t9-,10+/m0/s1. The lowest BCUT2D eigenvalue weighted by Gasteiger charge is -2.40. The number of hydrogen-bond acceptors (Lipinski definition) is 1. The molecule has 1 heteroatoms. The van der Waals surface area contributed by atoms with Crippen LogP contribution in [0.25, 0.3) is 0 Å². The molecule has 0 heterocycles. The van der Waals surface area contributed by atoms with Crippen LogP contribution in [0.4, 0.5) is 0 Å². The summed E-state index contributed by atoms with van der Waals surface area (Å²) >= 11 is 0. The fourth-order valence-corrected chi connectivity index (χ4v) is 2.35. The van der Waals surface area contributed by atoms with Crippen LogP contribution in [-0.4, -0.2) is 11.2 Å². The summed E-state index contributed by atoms with van der Waals surface area (Å²) in [5.41, 5.74) is 0.366. The summed E-state index contributed by atoms with van der Waals surface area (Å²) in [7, 11) is 0. The SMILES string of the molecule is CC(C)[C@@H]1CCC(C)(C)C[C@H]1O. The van der Waals surface area contributed by atoms with Crippen molar-refractivity contribution in [3.63, 3.8) is 0 Å². The molecule has 1 fully saturated rings. The first kappa shape index (κ1) is 10.0. The van der Waals surface area contributed by atoms with E-state index < -0.39 is 0 Å². The molecule has 1 nitrogen and oxygen atoms in total. The van der Waals surface area contributed by atoms with Crippen LogP contribution in [0, 0.1) is 17.3 Å². The zero-order chi connectivity index (χ0) is 9.35. The van der Waals surface area contributed by atoms with Crippen LogP contribution in [0.5, 0.6) is 0 Å². The Kier molecular flexibility index (Phi) is 2.82. The van der Waals surface area contributed by atoms with Gasteiger partial charge in [-0.15, -0.1) is 0 Å². The van der Waals surface area contributed by atoms with Crippen LogP contribution in [0.2, 0.25) is 0 Å². The summed E-state index contributed by atoms with van der Waals surface area (Å²) in [6, 6.07) is 0. The van der Waals surface area contributed by atoms with Crippen LogP contribution in [0.3, 0.4) is 0 Å². The van der Waals surface area contributed by atoms with Crippen LogP contribution in [0.15, 0.2) is 0 Å². The largest absolute Gasteiger partial charge is 0.393 e. The minimum absolute atomic E-state index is 0.0613. The van der Waals surface area contributed by atoms with Gasteiger partial charge in [-0.3, -0.25) is 0 Å².